The first-order chi connectivity index (χ1) is 47.3. The van der Waals surface area contributed by atoms with Gasteiger partial charge in [0.2, 0.25) is 5.91 Å². The zero-order valence-electron chi connectivity index (χ0n) is 72.0. The Morgan fingerprint density at radius 1 is 0.406 bits per heavy atom. The molecule has 12 nitrogen and oxygen atoms in total. The number of imidazole rings is 1. The molecule has 2 N–H and O–H groups in total. The first-order valence-corrected chi connectivity index (χ1v) is 54.6. The zero-order valence-corrected chi connectivity index (χ0v) is 76.0. The van der Waals surface area contributed by atoms with E-state index in [1.807, 2.05) is 0 Å². The van der Waals surface area contributed by atoms with Gasteiger partial charge in [-0.2, -0.15) is 0 Å². The van der Waals surface area contributed by atoms with Crippen LogP contribution in [0.25, 0.3) is 0 Å². The minimum absolute atomic E-state index is 0.0812. The van der Waals surface area contributed by atoms with E-state index in [4.69, 9.17) is 22.4 Å². The largest absolute Gasteiger partial charge is 0.464 e. The number of nitrogens with one attached hydrogen (secondary N) is 2. The number of hydrogen-bond donors (Lipinski definition) is 2. The van der Waals surface area contributed by atoms with Crippen LogP contribution in [0.1, 0.15) is 367 Å². The predicted molar refractivity (Wildman–Crippen MR) is 449 cm³/mol. The van der Waals surface area contributed by atoms with Crippen LogP contribution in [0.4, 0.5) is 0 Å². The molecule has 0 spiro atoms. The minimum Gasteiger partial charge on any atom is -0.464 e. The summed E-state index contributed by atoms with van der Waals surface area (Å²) in [4.78, 5) is 41.9. The lowest BCUT2D eigenvalue weighted by Crippen LogP contribution is -2.50. The highest BCUT2D eigenvalue weighted by Crippen LogP contribution is 2.42. The second-order valence-electron chi connectivity index (χ2n) is 37.6. The summed E-state index contributed by atoms with van der Waals surface area (Å²) < 4.78 is 36.2. The Morgan fingerprint density at radius 2 is 0.673 bits per heavy atom. The summed E-state index contributed by atoms with van der Waals surface area (Å²) in [6.45, 7) is 61.9. The zero-order chi connectivity index (χ0) is 76.1. The Balaban J connectivity index is 3.70. The molecule has 0 aliphatic carbocycles. The van der Waals surface area contributed by atoms with Crippen LogP contribution in [0.3, 0.4) is 0 Å². The fourth-order valence-corrected chi connectivity index (χ4v) is 18.4. The highest BCUT2D eigenvalue weighted by atomic mass is 28.4. The van der Waals surface area contributed by atoms with E-state index < -0.39 is 45.3 Å². The van der Waals surface area contributed by atoms with Crippen molar-refractivity contribution in [1.82, 2.24) is 25.1 Å². The van der Waals surface area contributed by atoms with E-state index in [0.29, 0.717) is 19.3 Å². The molecule has 1 heterocycles. The molecule has 1 aromatic heterocycles. The number of H-pyrrole nitrogens is 1. The van der Waals surface area contributed by atoms with Crippen molar-refractivity contribution >= 4 is 45.1 Å². The van der Waals surface area contributed by atoms with Gasteiger partial charge in [0.05, 0.1) is 37.4 Å². The van der Waals surface area contributed by atoms with Crippen molar-refractivity contribution in [1.29, 1.82) is 0 Å². The summed E-state index contributed by atoms with van der Waals surface area (Å²) in [5, 5.41) is 3.55. The van der Waals surface area contributed by atoms with Crippen LogP contribution < -0.4 is 5.32 Å². The molecule has 0 aromatic carbocycles. The van der Waals surface area contributed by atoms with E-state index >= 15 is 0 Å². The molecule has 1 rings (SSSR count). The van der Waals surface area contributed by atoms with Gasteiger partial charge >= 0.3 is 5.97 Å². The fraction of sp³-hybridized carbons (Fsp3) is 0.941. The molecule has 16 heteroatoms. The van der Waals surface area contributed by atoms with Crippen LogP contribution in [0.5, 0.6) is 0 Å². The van der Waals surface area contributed by atoms with Crippen LogP contribution in [-0.4, -0.2) is 141 Å². The third-order valence-corrected chi connectivity index (χ3v) is 41.9. The average Bonchev–Trinajstić information content (AvgIpc) is 1.04. The Kier molecular flexibility index (Phi) is 51.1. The summed E-state index contributed by atoms with van der Waals surface area (Å²) in [6.07, 6.45) is 51.0. The summed E-state index contributed by atoms with van der Waals surface area (Å²) in [6, 6.07) is -0.860. The summed E-state index contributed by atoms with van der Waals surface area (Å²) in [7, 11) is -8.52. The average molecular weight is 1490 g/mol. The number of rotatable bonds is 64. The Bertz CT molecular complexity index is 2060. The Hall–Kier alpha value is -1.22. The van der Waals surface area contributed by atoms with Crippen LogP contribution in [0, 0.1) is 0 Å². The Morgan fingerprint density at radius 3 is 0.931 bits per heavy atom. The fourth-order valence-electron chi connectivity index (χ4n) is 12.9. The number of esters is 1. The SMILES string of the molecule is CCCCCCCCCCC(CN(CCCOC(=O)[C@H](Cc1cnc[nH]1)NC(=O)CCCN(CC(CCCCCCCCCC)O[Si](C)(C)C(C)(C)C)CC(CCCCCCCCCC)O[Si](C)(C)C(C)(C)C)CC(CCCCCCCCCC)O[Si](C)(C)C(C)(C)C)O[Si](C)(C)C(C)(C)C. The lowest BCUT2D eigenvalue weighted by atomic mass is 10.0. The van der Waals surface area contributed by atoms with Crippen molar-refractivity contribution in [3.63, 3.8) is 0 Å². The van der Waals surface area contributed by atoms with Gasteiger partial charge in [-0.05, 0) is 118 Å². The van der Waals surface area contributed by atoms with E-state index in [2.05, 4.69) is 188 Å². The lowest BCUT2D eigenvalue weighted by Gasteiger charge is -2.42. The third-order valence-electron chi connectivity index (χ3n) is 23.8. The van der Waals surface area contributed by atoms with E-state index in [1.54, 1.807) is 12.5 Å². The van der Waals surface area contributed by atoms with Crippen molar-refractivity contribution in [2.75, 3.05) is 45.9 Å². The molecule has 1 amide bonds. The monoisotopic (exact) mass is 1490 g/mol. The van der Waals surface area contributed by atoms with Gasteiger partial charge in [-0.25, -0.2) is 9.78 Å². The van der Waals surface area contributed by atoms with E-state index in [9.17, 15) is 9.59 Å². The molecular formula is C85H175N5O7Si4. The first-order valence-electron chi connectivity index (χ1n) is 42.9. The maximum absolute atomic E-state index is 14.6. The summed E-state index contributed by atoms with van der Waals surface area (Å²) in [5.74, 6) is -0.533. The lowest BCUT2D eigenvalue weighted by molar-refractivity contribution is -0.148. The maximum atomic E-state index is 14.6. The summed E-state index contributed by atoms with van der Waals surface area (Å²) in [5.41, 5.74) is 0.784. The highest BCUT2D eigenvalue weighted by molar-refractivity contribution is 6.75. The minimum atomic E-state index is -2.13. The highest BCUT2D eigenvalue weighted by Gasteiger charge is 2.44. The molecule has 0 radical (unpaired) electrons. The standard InChI is InChI=1S/C85H175N5O7Si4/c1-25-29-33-37-41-45-49-53-59-75(94-98(17,18)82(5,6)7)69-89(70-76(95-99(19,20)83(8,9)10)60-54-50-46-42-38-34-30-26-2)64-57-63-80(91)88-79(67-74-68-86-73-87-74)81(92)93-66-58-65-90(71-77(96-100(21,22)84(11,12)13)61-55-51-47-43-39-35-31-27-3)72-78(97-101(23,24)85(14,15)16)62-56-52-48-44-40-36-32-28-4/h68,73,75-79H,25-67,69-72H2,1-24H3,(H,86,87)(H,88,91)/t75?,76?,77?,78?,79-/m0/s1. The molecule has 0 aliphatic heterocycles. The molecule has 0 saturated carbocycles. The van der Waals surface area contributed by atoms with Crippen LogP contribution >= 0.6 is 0 Å². The van der Waals surface area contributed by atoms with Crippen molar-refractivity contribution in [2.45, 2.75) is 471 Å². The van der Waals surface area contributed by atoms with Gasteiger partial charge in [0, 0.05) is 57.5 Å². The molecule has 1 aromatic rings. The van der Waals surface area contributed by atoms with Gasteiger partial charge < -0.3 is 32.7 Å². The molecule has 4 unspecified atom stereocenters. The van der Waals surface area contributed by atoms with Crippen LogP contribution in [0.15, 0.2) is 12.5 Å². The van der Waals surface area contributed by atoms with E-state index in [1.165, 1.54) is 193 Å². The van der Waals surface area contributed by atoms with Gasteiger partial charge in [0.15, 0.2) is 33.3 Å². The number of unbranched alkanes of at least 4 members (excludes halogenated alkanes) is 28. The number of aromatic nitrogens is 2. The van der Waals surface area contributed by atoms with Crippen LogP contribution in [-0.2, 0) is 38.5 Å². The van der Waals surface area contributed by atoms with Gasteiger partial charge in [-0.3, -0.25) is 14.6 Å². The van der Waals surface area contributed by atoms with Gasteiger partial charge in [-0.15, -0.1) is 0 Å². The molecule has 101 heavy (non-hydrogen) atoms. The smallest absolute Gasteiger partial charge is 0.329 e. The molecule has 5 atom stereocenters. The van der Waals surface area contributed by atoms with Crippen LogP contribution in [0.2, 0.25) is 72.5 Å². The molecular weight excluding hydrogens is 1320 g/mol. The second-order valence-corrected chi connectivity index (χ2v) is 56.6. The number of aromatic amines is 1. The van der Waals surface area contributed by atoms with Crippen molar-refractivity contribution in [3.8, 4) is 0 Å². The topological polar surface area (TPSA) is 127 Å². The van der Waals surface area contributed by atoms with Crippen molar-refractivity contribution < 1.29 is 32.0 Å². The quantitative estimate of drug-likeness (QED) is 0.0370. The number of carbonyl (C=O) groups is 2. The maximum Gasteiger partial charge on any atom is 0.329 e. The normalized spacial score (nSPS) is 14.8. The van der Waals surface area contributed by atoms with E-state index in [-0.39, 0.29) is 63.5 Å². The predicted octanol–water partition coefficient (Wildman–Crippen LogP) is 25.4. The molecule has 598 valence electrons. The van der Waals surface area contributed by atoms with Crippen molar-refractivity contribution in [3.05, 3.63) is 18.2 Å². The Labute approximate surface area is 633 Å². The van der Waals surface area contributed by atoms with Crippen molar-refractivity contribution in [2.24, 2.45) is 0 Å². The number of ether oxygens (including phenoxy) is 1. The molecule has 0 aliphatic rings. The number of amides is 1. The molecule has 0 bridgehead atoms. The van der Waals surface area contributed by atoms with E-state index in [0.717, 1.165) is 83.5 Å². The van der Waals surface area contributed by atoms with Gasteiger partial charge in [-0.1, -0.05) is 316 Å². The number of hydrogen-bond acceptors (Lipinski definition) is 10. The molecule has 0 saturated heterocycles. The third kappa shape index (κ3) is 45.4. The summed E-state index contributed by atoms with van der Waals surface area (Å²) >= 11 is 0. The first kappa shape index (κ1) is 97.8. The van der Waals surface area contributed by atoms with Gasteiger partial charge in [0.1, 0.15) is 6.04 Å². The molecule has 0 fully saturated rings. The second kappa shape index (κ2) is 52.8. The number of nitrogens with zero attached hydrogens (tertiary/aromatic N) is 3. The number of carbonyl (C=O) groups excluding carboxylic acids is 2. The van der Waals surface area contributed by atoms with Gasteiger partial charge in [0.25, 0.3) is 0 Å².